The van der Waals surface area contributed by atoms with E-state index in [-0.39, 0.29) is 0 Å². The second kappa shape index (κ2) is 4.26. The van der Waals surface area contributed by atoms with Crippen molar-refractivity contribution in [1.82, 2.24) is 9.97 Å². The molecule has 0 bridgehead atoms. The molecule has 1 aromatic heterocycles. The van der Waals surface area contributed by atoms with Crippen LogP contribution in [0, 0.1) is 5.92 Å². The molecular weight excluding hydrogens is 242 g/mol. The Morgan fingerprint density at radius 2 is 2.00 bits per heavy atom. The lowest BCUT2D eigenvalue weighted by Crippen LogP contribution is -2.33. The van der Waals surface area contributed by atoms with Crippen LogP contribution < -0.4 is 4.90 Å². The van der Waals surface area contributed by atoms with Crippen LogP contribution in [0.4, 0.5) is 5.82 Å². The van der Waals surface area contributed by atoms with E-state index in [9.17, 15) is 0 Å². The molecule has 1 aromatic rings. The van der Waals surface area contributed by atoms with E-state index in [0.29, 0.717) is 0 Å². The monoisotopic (exact) mass is 255 g/mol. The molecule has 1 saturated heterocycles. The van der Waals surface area contributed by atoms with Crippen LogP contribution in [-0.4, -0.2) is 23.1 Å². The van der Waals surface area contributed by atoms with Gasteiger partial charge >= 0.3 is 0 Å². The van der Waals surface area contributed by atoms with Crippen molar-refractivity contribution >= 4 is 21.7 Å². The van der Waals surface area contributed by atoms with Gasteiger partial charge in [0.15, 0.2) is 0 Å². The van der Waals surface area contributed by atoms with Crippen molar-refractivity contribution in [3.05, 3.63) is 17.0 Å². The van der Waals surface area contributed by atoms with Crippen LogP contribution in [0.15, 0.2) is 17.0 Å². The van der Waals surface area contributed by atoms with Crippen molar-refractivity contribution in [2.75, 3.05) is 18.0 Å². The molecule has 1 aliphatic heterocycles. The minimum atomic E-state index is 0.798. The Morgan fingerprint density at radius 1 is 1.29 bits per heavy atom. The van der Waals surface area contributed by atoms with Gasteiger partial charge in [0, 0.05) is 13.1 Å². The largest absolute Gasteiger partial charge is 0.355 e. The standard InChI is InChI=1S/C10H14BrN3/c1-8-2-4-14(5-3-8)10-7-12-9(11)6-13-10/h6-8H,2-5H2,1H3. The van der Waals surface area contributed by atoms with E-state index in [4.69, 9.17) is 0 Å². The Hall–Kier alpha value is -0.640. The summed E-state index contributed by atoms with van der Waals surface area (Å²) in [7, 11) is 0. The van der Waals surface area contributed by atoms with Gasteiger partial charge in [0.1, 0.15) is 10.4 Å². The van der Waals surface area contributed by atoms with Crippen LogP contribution in [0.25, 0.3) is 0 Å². The van der Waals surface area contributed by atoms with Crippen LogP contribution in [-0.2, 0) is 0 Å². The predicted octanol–water partition coefficient (Wildman–Crippen LogP) is 2.48. The fourth-order valence-corrected chi connectivity index (χ4v) is 1.91. The SMILES string of the molecule is CC1CCN(c2cnc(Br)cn2)CC1. The number of hydrogen-bond acceptors (Lipinski definition) is 3. The summed E-state index contributed by atoms with van der Waals surface area (Å²) in [5.74, 6) is 1.86. The van der Waals surface area contributed by atoms with Gasteiger partial charge in [-0.05, 0) is 34.7 Å². The maximum atomic E-state index is 4.34. The average Bonchev–Trinajstić information content (AvgIpc) is 2.21. The molecule has 0 atom stereocenters. The molecule has 76 valence electrons. The molecule has 0 unspecified atom stereocenters. The Balaban J connectivity index is 2.05. The van der Waals surface area contributed by atoms with Crippen LogP contribution in [0.2, 0.25) is 0 Å². The molecule has 0 radical (unpaired) electrons. The number of rotatable bonds is 1. The zero-order valence-electron chi connectivity index (χ0n) is 8.28. The number of aromatic nitrogens is 2. The highest BCUT2D eigenvalue weighted by atomic mass is 79.9. The van der Waals surface area contributed by atoms with Crippen molar-refractivity contribution in [2.24, 2.45) is 5.92 Å². The fraction of sp³-hybridized carbons (Fsp3) is 0.600. The molecule has 4 heteroatoms. The number of nitrogens with zero attached hydrogens (tertiary/aromatic N) is 3. The molecule has 0 spiro atoms. The van der Waals surface area contributed by atoms with Gasteiger partial charge in [0.2, 0.25) is 0 Å². The van der Waals surface area contributed by atoms with Crippen molar-refractivity contribution < 1.29 is 0 Å². The Bertz CT molecular complexity index is 291. The van der Waals surface area contributed by atoms with Crippen molar-refractivity contribution in [3.63, 3.8) is 0 Å². The lowest BCUT2D eigenvalue weighted by molar-refractivity contribution is 0.436. The summed E-state index contributed by atoms with van der Waals surface area (Å²) in [6.45, 7) is 4.53. The van der Waals surface area contributed by atoms with Gasteiger partial charge < -0.3 is 4.90 Å². The van der Waals surface area contributed by atoms with Gasteiger partial charge in [-0.2, -0.15) is 0 Å². The molecule has 2 heterocycles. The van der Waals surface area contributed by atoms with Crippen LogP contribution >= 0.6 is 15.9 Å². The van der Waals surface area contributed by atoms with Crippen molar-refractivity contribution in [1.29, 1.82) is 0 Å². The second-order valence-corrected chi connectivity index (χ2v) is 4.68. The Labute approximate surface area is 92.7 Å². The van der Waals surface area contributed by atoms with Gasteiger partial charge in [-0.1, -0.05) is 6.92 Å². The van der Waals surface area contributed by atoms with Gasteiger partial charge in [0.05, 0.1) is 12.4 Å². The lowest BCUT2D eigenvalue weighted by atomic mass is 9.99. The third-order valence-electron chi connectivity index (χ3n) is 2.71. The van der Waals surface area contributed by atoms with E-state index < -0.39 is 0 Å². The molecule has 0 aliphatic carbocycles. The summed E-state index contributed by atoms with van der Waals surface area (Å²) >= 11 is 3.29. The lowest BCUT2D eigenvalue weighted by Gasteiger charge is -2.30. The summed E-state index contributed by atoms with van der Waals surface area (Å²) in [5, 5.41) is 0. The third kappa shape index (κ3) is 2.23. The van der Waals surface area contributed by atoms with E-state index in [1.54, 1.807) is 6.20 Å². The topological polar surface area (TPSA) is 29.0 Å². The molecule has 0 aromatic carbocycles. The molecule has 14 heavy (non-hydrogen) atoms. The first-order chi connectivity index (χ1) is 6.75. The predicted molar refractivity (Wildman–Crippen MR) is 60.3 cm³/mol. The van der Waals surface area contributed by atoms with E-state index >= 15 is 0 Å². The molecule has 0 saturated carbocycles. The summed E-state index contributed by atoms with van der Waals surface area (Å²) in [6, 6.07) is 0. The van der Waals surface area contributed by atoms with E-state index in [0.717, 1.165) is 29.4 Å². The van der Waals surface area contributed by atoms with Gasteiger partial charge in [0.25, 0.3) is 0 Å². The van der Waals surface area contributed by atoms with Crippen molar-refractivity contribution in [2.45, 2.75) is 19.8 Å². The highest BCUT2D eigenvalue weighted by Crippen LogP contribution is 2.20. The number of piperidine rings is 1. The number of hydrogen-bond donors (Lipinski definition) is 0. The molecular formula is C10H14BrN3. The summed E-state index contributed by atoms with van der Waals surface area (Å²) < 4.78 is 0.798. The first-order valence-corrected chi connectivity index (χ1v) is 5.77. The van der Waals surface area contributed by atoms with E-state index in [2.05, 4.69) is 37.7 Å². The zero-order chi connectivity index (χ0) is 9.97. The molecule has 2 rings (SSSR count). The molecule has 1 fully saturated rings. The maximum Gasteiger partial charge on any atom is 0.147 e. The summed E-state index contributed by atoms with van der Waals surface area (Å²) in [4.78, 5) is 10.8. The minimum Gasteiger partial charge on any atom is -0.355 e. The molecule has 0 N–H and O–H groups in total. The third-order valence-corrected chi connectivity index (χ3v) is 3.12. The van der Waals surface area contributed by atoms with Crippen LogP contribution in [0.3, 0.4) is 0 Å². The average molecular weight is 256 g/mol. The smallest absolute Gasteiger partial charge is 0.147 e. The number of halogens is 1. The van der Waals surface area contributed by atoms with Crippen LogP contribution in [0.5, 0.6) is 0 Å². The highest BCUT2D eigenvalue weighted by Gasteiger charge is 2.16. The fourth-order valence-electron chi connectivity index (χ4n) is 1.71. The quantitative estimate of drug-likeness (QED) is 0.772. The highest BCUT2D eigenvalue weighted by molar-refractivity contribution is 9.10. The van der Waals surface area contributed by atoms with Crippen LogP contribution in [0.1, 0.15) is 19.8 Å². The first kappa shape index (κ1) is 9.90. The zero-order valence-corrected chi connectivity index (χ0v) is 9.87. The maximum absolute atomic E-state index is 4.34. The first-order valence-electron chi connectivity index (χ1n) is 4.98. The Morgan fingerprint density at radius 3 is 2.57 bits per heavy atom. The number of anilines is 1. The van der Waals surface area contributed by atoms with Gasteiger partial charge in [-0.15, -0.1) is 0 Å². The summed E-state index contributed by atoms with van der Waals surface area (Å²) in [6.07, 6.45) is 6.11. The molecule has 3 nitrogen and oxygen atoms in total. The minimum absolute atomic E-state index is 0.798. The van der Waals surface area contributed by atoms with Crippen molar-refractivity contribution in [3.8, 4) is 0 Å². The van der Waals surface area contributed by atoms with E-state index in [1.807, 2.05) is 6.20 Å². The second-order valence-electron chi connectivity index (χ2n) is 3.87. The van der Waals surface area contributed by atoms with Gasteiger partial charge in [-0.3, -0.25) is 0 Å². The van der Waals surface area contributed by atoms with Gasteiger partial charge in [-0.25, -0.2) is 9.97 Å². The normalized spacial score (nSPS) is 18.6. The summed E-state index contributed by atoms with van der Waals surface area (Å²) in [5.41, 5.74) is 0. The molecule has 0 amide bonds. The molecule has 1 aliphatic rings. The van der Waals surface area contributed by atoms with E-state index in [1.165, 1.54) is 12.8 Å². The Kier molecular flexibility index (Phi) is 3.01.